The number of pyridine rings is 1. The highest BCUT2D eigenvalue weighted by Crippen LogP contribution is 2.53. The summed E-state index contributed by atoms with van der Waals surface area (Å²) >= 11 is 0. The molecule has 1 aliphatic heterocycles. The van der Waals surface area contributed by atoms with Gasteiger partial charge in [0, 0.05) is 23.5 Å². The Hall–Kier alpha value is -2.17. The highest BCUT2D eigenvalue weighted by Gasteiger charge is 2.58. The summed E-state index contributed by atoms with van der Waals surface area (Å²) in [6.45, 7) is 0. The van der Waals surface area contributed by atoms with Gasteiger partial charge in [0.25, 0.3) is 9.84 Å². The fourth-order valence-electron chi connectivity index (χ4n) is 3.71. The van der Waals surface area contributed by atoms with Gasteiger partial charge < -0.3 is 14.9 Å². The number of sulfone groups is 1. The Morgan fingerprint density at radius 3 is 2.56 bits per heavy atom. The molecule has 144 valence electrons. The topological polar surface area (TPSA) is 96.7 Å². The monoisotopic (exact) mass is 401 g/mol. The second-order valence-electron chi connectivity index (χ2n) is 6.53. The molecule has 0 saturated heterocycles. The van der Waals surface area contributed by atoms with E-state index in [-0.39, 0.29) is 22.4 Å². The molecule has 4 rings (SSSR count). The minimum Gasteiger partial charge on any atom is -0.486 e. The summed E-state index contributed by atoms with van der Waals surface area (Å²) in [4.78, 5) is 3.00. The van der Waals surface area contributed by atoms with Gasteiger partial charge in [0.05, 0.1) is 16.6 Å². The third-order valence-electron chi connectivity index (χ3n) is 5.06. The number of ether oxygens (including phenoxy) is 1. The predicted molar refractivity (Wildman–Crippen MR) is 86.5 cm³/mol. The Balaban J connectivity index is 1.94. The summed E-state index contributed by atoms with van der Waals surface area (Å²) in [6, 6.07) is 4.65. The van der Waals surface area contributed by atoms with Gasteiger partial charge in [0.15, 0.2) is 5.60 Å². The van der Waals surface area contributed by atoms with E-state index in [1.165, 1.54) is 30.6 Å². The Morgan fingerprint density at radius 2 is 1.85 bits per heavy atom. The van der Waals surface area contributed by atoms with Crippen LogP contribution < -0.4 is 4.74 Å². The molecule has 1 aromatic carbocycles. The van der Waals surface area contributed by atoms with E-state index < -0.39 is 38.1 Å². The fourth-order valence-corrected chi connectivity index (χ4v) is 4.68. The predicted octanol–water partition coefficient (Wildman–Crippen LogP) is 2.15. The van der Waals surface area contributed by atoms with E-state index >= 15 is 0 Å². The van der Waals surface area contributed by atoms with Crippen molar-refractivity contribution >= 4 is 9.84 Å². The average molecular weight is 401 g/mol. The normalized spacial score (nSPS) is 27.1. The van der Waals surface area contributed by atoms with E-state index in [9.17, 15) is 31.8 Å². The summed E-state index contributed by atoms with van der Waals surface area (Å²) in [5.41, 5.74) is -7.30. The van der Waals surface area contributed by atoms with Crippen molar-refractivity contribution in [3.05, 3.63) is 42.2 Å². The zero-order chi connectivity index (χ0) is 19.6. The van der Waals surface area contributed by atoms with E-state index in [4.69, 9.17) is 4.74 Å². The largest absolute Gasteiger partial charge is 0.501 e. The Kier molecular flexibility index (Phi) is 3.82. The highest BCUT2D eigenvalue weighted by atomic mass is 32.2. The van der Waals surface area contributed by atoms with Gasteiger partial charge in [-0.1, -0.05) is 18.2 Å². The van der Waals surface area contributed by atoms with Crippen LogP contribution in [-0.2, 0) is 15.4 Å². The summed E-state index contributed by atoms with van der Waals surface area (Å²) in [7, 11) is -5.61. The number of hydrogen-bond donors (Lipinski definition) is 2. The molecular formula is C17H14F3NO5S. The number of aromatic nitrogens is 1. The van der Waals surface area contributed by atoms with Gasteiger partial charge in [-0.3, -0.25) is 4.98 Å². The molecule has 1 saturated carbocycles. The van der Waals surface area contributed by atoms with Gasteiger partial charge >= 0.3 is 5.51 Å². The third-order valence-corrected chi connectivity index (χ3v) is 6.61. The smallest absolute Gasteiger partial charge is 0.486 e. The van der Waals surface area contributed by atoms with E-state index in [1.54, 1.807) is 0 Å². The molecule has 3 unspecified atom stereocenters. The molecule has 0 amide bonds. The summed E-state index contributed by atoms with van der Waals surface area (Å²) in [5, 5.41) is 21.0. The van der Waals surface area contributed by atoms with Crippen LogP contribution in [0.5, 0.6) is 5.75 Å². The molecule has 27 heavy (non-hydrogen) atoms. The van der Waals surface area contributed by atoms with Gasteiger partial charge in [-0.2, -0.15) is 13.2 Å². The maximum atomic E-state index is 13.1. The molecule has 2 aromatic rings. The number of benzene rings is 1. The number of fused-ring (bicyclic) bond motifs is 3. The first-order valence-electron chi connectivity index (χ1n) is 8.05. The van der Waals surface area contributed by atoms with Crippen LogP contribution in [0.4, 0.5) is 13.2 Å². The second-order valence-corrected chi connectivity index (χ2v) is 8.44. The van der Waals surface area contributed by atoms with Crippen molar-refractivity contribution in [2.45, 2.75) is 41.1 Å². The van der Waals surface area contributed by atoms with Crippen LogP contribution in [-0.4, -0.2) is 41.3 Å². The van der Waals surface area contributed by atoms with Crippen molar-refractivity contribution in [2.24, 2.45) is 0 Å². The van der Waals surface area contributed by atoms with Crippen LogP contribution in [0.1, 0.15) is 18.4 Å². The van der Waals surface area contributed by atoms with Crippen LogP contribution in [0, 0.1) is 0 Å². The third kappa shape index (κ3) is 2.40. The minimum absolute atomic E-state index is 0.00551. The van der Waals surface area contributed by atoms with Crippen LogP contribution in [0.3, 0.4) is 0 Å². The lowest BCUT2D eigenvalue weighted by molar-refractivity contribution is -0.0897. The van der Waals surface area contributed by atoms with Crippen LogP contribution >= 0.6 is 0 Å². The molecule has 10 heteroatoms. The van der Waals surface area contributed by atoms with Gasteiger partial charge in [0.1, 0.15) is 11.9 Å². The first-order chi connectivity index (χ1) is 12.6. The number of rotatable bonds is 2. The lowest BCUT2D eigenvalue weighted by Gasteiger charge is -2.24. The van der Waals surface area contributed by atoms with Gasteiger partial charge in [-0.15, -0.1) is 0 Å². The van der Waals surface area contributed by atoms with Crippen LogP contribution in [0.2, 0.25) is 0 Å². The van der Waals surface area contributed by atoms with Crippen molar-refractivity contribution in [1.29, 1.82) is 0 Å². The van der Waals surface area contributed by atoms with Crippen molar-refractivity contribution in [3.8, 4) is 16.9 Å². The van der Waals surface area contributed by atoms with Crippen molar-refractivity contribution in [2.75, 3.05) is 0 Å². The van der Waals surface area contributed by atoms with Crippen LogP contribution in [0.25, 0.3) is 11.1 Å². The summed E-state index contributed by atoms with van der Waals surface area (Å²) in [5.74, 6) is 0.0288. The molecular weight excluding hydrogens is 387 g/mol. The molecule has 0 radical (unpaired) electrons. The van der Waals surface area contributed by atoms with Gasteiger partial charge in [0.2, 0.25) is 0 Å². The summed E-state index contributed by atoms with van der Waals surface area (Å²) < 4.78 is 68.9. The first kappa shape index (κ1) is 18.2. The lowest BCUT2D eigenvalue weighted by atomic mass is 9.90. The molecule has 0 spiro atoms. The Bertz CT molecular complexity index is 1020. The molecule has 0 bridgehead atoms. The Labute approximate surface area is 152 Å². The van der Waals surface area contributed by atoms with E-state index in [2.05, 4.69) is 4.98 Å². The first-order valence-corrected chi connectivity index (χ1v) is 9.53. The number of aliphatic hydroxyl groups is 2. The molecule has 2 N–H and O–H groups in total. The number of hydrogen-bond acceptors (Lipinski definition) is 6. The van der Waals surface area contributed by atoms with Gasteiger partial charge in [-0.25, -0.2) is 8.42 Å². The zero-order valence-corrected chi connectivity index (χ0v) is 14.5. The molecule has 1 fully saturated rings. The number of aliphatic hydroxyl groups excluding tert-OH is 1. The highest BCUT2D eigenvalue weighted by molar-refractivity contribution is 7.92. The molecule has 2 heterocycles. The second kappa shape index (κ2) is 5.66. The lowest BCUT2D eigenvalue weighted by Crippen LogP contribution is -2.41. The Morgan fingerprint density at radius 1 is 1.15 bits per heavy atom. The van der Waals surface area contributed by atoms with Crippen LogP contribution in [0.15, 0.2) is 41.6 Å². The zero-order valence-electron chi connectivity index (χ0n) is 13.6. The van der Waals surface area contributed by atoms with E-state index in [0.29, 0.717) is 12.8 Å². The van der Waals surface area contributed by atoms with Gasteiger partial charge in [-0.05, 0) is 18.9 Å². The van der Waals surface area contributed by atoms with Crippen molar-refractivity contribution in [1.82, 2.24) is 4.98 Å². The number of nitrogens with zero attached hydrogens (tertiary/aromatic N) is 1. The summed E-state index contributed by atoms with van der Waals surface area (Å²) in [6.07, 6.45) is 1.19. The SMILES string of the molecule is O=S(=O)(c1ccccc1-c1cncc2c1OC1CCC(O)C21O)C(F)(F)F. The van der Waals surface area contributed by atoms with E-state index in [0.717, 1.165) is 6.07 Å². The number of halogens is 3. The molecule has 2 aliphatic rings. The fraction of sp³-hybridized carbons (Fsp3) is 0.353. The molecule has 1 aromatic heterocycles. The van der Waals surface area contributed by atoms with Crippen molar-refractivity contribution < 1.29 is 36.5 Å². The maximum Gasteiger partial charge on any atom is 0.501 e. The standard InChI is InChI=1S/C17H14F3NO5S/c18-17(19,20)27(24,25)12-4-2-1-3-9(12)10-7-21-8-11-15(10)26-14-6-5-13(22)16(11,14)23/h1-4,7-8,13-14,22-23H,5-6H2. The molecule has 3 atom stereocenters. The van der Waals surface area contributed by atoms with Crippen molar-refractivity contribution in [3.63, 3.8) is 0 Å². The quantitative estimate of drug-likeness (QED) is 0.801. The van der Waals surface area contributed by atoms with E-state index in [1.807, 2.05) is 0 Å². The molecule has 1 aliphatic carbocycles. The minimum atomic E-state index is -5.61. The maximum absolute atomic E-state index is 13.1. The average Bonchev–Trinajstić information content (AvgIpc) is 3.07. The number of alkyl halides is 3. The molecule has 6 nitrogen and oxygen atoms in total.